The minimum Gasteiger partial charge on any atom is -0.306 e. The summed E-state index contributed by atoms with van der Waals surface area (Å²) < 4.78 is 0. The third-order valence-corrected chi connectivity index (χ3v) is 2.66. The summed E-state index contributed by atoms with van der Waals surface area (Å²) in [7, 11) is 5.81. The van der Waals surface area contributed by atoms with Gasteiger partial charge in [-0.1, -0.05) is 0 Å². The molecule has 1 saturated heterocycles. The minimum atomic E-state index is 0.143. The molecular weight excluding hydrogens is 178 g/mol. The highest BCUT2D eigenvalue weighted by molar-refractivity contribution is 5.75. The molecule has 1 heterocycles. The van der Waals surface area contributed by atoms with Crippen LogP contribution in [-0.4, -0.2) is 50.0 Å². The van der Waals surface area contributed by atoms with Gasteiger partial charge in [-0.15, -0.1) is 0 Å². The Kier molecular flexibility index (Phi) is 4.35. The van der Waals surface area contributed by atoms with E-state index in [9.17, 15) is 4.79 Å². The number of hydrogen-bond acceptors (Lipinski definition) is 3. The second-order valence-corrected chi connectivity index (χ2v) is 4.38. The molecule has 14 heavy (non-hydrogen) atoms. The molecular formula is C10H21N3O. The fourth-order valence-corrected chi connectivity index (χ4v) is 1.82. The average molecular weight is 199 g/mol. The van der Waals surface area contributed by atoms with Gasteiger partial charge in [0.15, 0.2) is 0 Å². The van der Waals surface area contributed by atoms with E-state index in [1.807, 2.05) is 14.1 Å². The highest BCUT2D eigenvalue weighted by atomic mass is 16.2. The van der Waals surface area contributed by atoms with Gasteiger partial charge in [0.25, 0.3) is 0 Å². The van der Waals surface area contributed by atoms with Crippen molar-refractivity contribution in [1.29, 1.82) is 0 Å². The summed E-state index contributed by atoms with van der Waals surface area (Å²) in [5.41, 5.74) is 2.78. The van der Waals surface area contributed by atoms with Gasteiger partial charge in [-0.2, -0.15) is 0 Å². The molecule has 1 N–H and O–H groups in total. The number of hydrogen-bond donors (Lipinski definition) is 1. The summed E-state index contributed by atoms with van der Waals surface area (Å²) in [6, 6.07) is 0. The number of nitrogens with one attached hydrogen (secondary N) is 1. The number of carbonyl (C=O) groups excluding carboxylic acids is 1. The molecule has 0 aromatic rings. The topological polar surface area (TPSA) is 35.6 Å². The summed E-state index contributed by atoms with van der Waals surface area (Å²) in [5, 5.41) is 1.71. The first-order chi connectivity index (χ1) is 6.58. The first-order valence-corrected chi connectivity index (χ1v) is 5.23. The first kappa shape index (κ1) is 11.5. The third kappa shape index (κ3) is 4.07. The lowest BCUT2D eigenvalue weighted by molar-refractivity contribution is -0.126. The van der Waals surface area contributed by atoms with Gasteiger partial charge >= 0.3 is 0 Å². The molecule has 4 heteroatoms. The van der Waals surface area contributed by atoms with E-state index < -0.39 is 0 Å². The Morgan fingerprint density at radius 1 is 1.43 bits per heavy atom. The highest BCUT2D eigenvalue weighted by Crippen LogP contribution is 2.18. The van der Waals surface area contributed by atoms with E-state index in [0.717, 1.165) is 25.9 Å². The molecule has 0 aromatic heterocycles. The average Bonchev–Trinajstić information content (AvgIpc) is 2.07. The SMILES string of the molecule is CN1CCC(CC(=O)NN(C)C)CC1. The van der Waals surface area contributed by atoms with Gasteiger partial charge in [0.05, 0.1) is 0 Å². The number of nitrogens with zero attached hydrogens (tertiary/aromatic N) is 2. The minimum absolute atomic E-state index is 0.143. The zero-order valence-corrected chi connectivity index (χ0v) is 9.42. The van der Waals surface area contributed by atoms with Crippen LogP contribution in [0.4, 0.5) is 0 Å². The van der Waals surface area contributed by atoms with Crippen molar-refractivity contribution in [3.05, 3.63) is 0 Å². The molecule has 4 nitrogen and oxygen atoms in total. The van der Waals surface area contributed by atoms with Crippen LogP contribution in [0, 0.1) is 5.92 Å². The maximum atomic E-state index is 11.4. The number of rotatable bonds is 3. The van der Waals surface area contributed by atoms with Crippen LogP contribution in [0.15, 0.2) is 0 Å². The van der Waals surface area contributed by atoms with Crippen LogP contribution in [0.25, 0.3) is 0 Å². The van der Waals surface area contributed by atoms with E-state index in [1.165, 1.54) is 0 Å². The van der Waals surface area contributed by atoms with E-state index in [4.69, 9.17) is 0 Å². The lowest BCUT2D eigenvalue weighted by Gasteiger charge is -2.28. The van der Waals surface area contributed by atoms with Gasteiger partial charge in [-0.05, 0) is 38.9 Å². The molecule has 1 amide bonds. The summed E-state index contributed by atoms with van der Waals surface area (Å²) in [6.45, 7) is 2.25. The van der Waals surface area contributed by atoms with Crippen LogP contribution in [0.1, 0.15) is 19.3 Å². The normalized spacial score (nSPS) is 20.0. The molecule has 0 saturated carbocycles. The van der Waals surface area contributed by atoms with Crippen LogP contribution < -0.4 is 5.43 Å². The predicted octanol–water partition coefficient (Wildman–Crippen LogP) is 0.311. The zero-order chi connectivity index (χ0) is 10.6. The number of likely N-dealkylation sites (tertiary alicyclic amines) is 1. The molecule has 0 spiro atoms. The molecule has 82 valence electrons. The number of carbonyl (C=O) groups is 1. The van der Waals surface area contributed by atoms with Crippen LogP contribution in [0.5, 0.6) is 0 Å². The van der Waals surface area contributed by atoms with Crippen molar-refractivity contribution in [2.45, 2.75) is 19.3 Å². The van der Waals surface area contributed by atoms with Gasteiger partial charge in [0.2, 0.25) is 5.91 Å². The molecule has 0 atom stereocenters. The smallest absolute Gasteiger partial charge is 0.234 e. The molecule has 0 unspecified atom stereocenters. The lowest BCUT2D eigenvalue weighted by Crippen LogP contribution is -2.38. The Morgan fingerprint density at radius 2 is 2.00 bits per heavy atom. The number of piperidine rings is 1. The Balaban J connectivity index is 2.20. The van der Waals surface area contributed by atoms with E-state index in [2.05, 4.69) is 17.4 Å². The molecule has 1 aliphatic rings. The van der Waals surface area contributed by atoms with Crippen molar-refractivity contribution >= 4 is 5.91 Å². The Morgan fingerprint density at radius 3 is 2.50 bits per heavy atom. The van der Waals surface area contributed by atoms with Crippen molar-refractivity contribution in [3.63, 3.8) is 0 Å². The Labute approximate surface area is 86.2 Å². The van der Waals surface area contributed by atoms with Crippen LogP contribution in [0.2, 0.25) is 0 Å². The van der Waals surface area contributed by atoms with Gasteiger partial charge in [0.1, 0.15) is 0 Å². The fraction of sp³-hybridized carbons (Fsp3) is 0.900. The molecule has 1 aliphatic heterocycles. The summed E-state index contributed by atoms with van der Waals surface area (Å²) in [6.07, 6.45) is 2.97. The lowest BCUT2D eigenvalue weighted by atomic mass is 9.94. The number of amides is 1. The van der Waals surface area contributed by atoms with Crippen LogP contribution in [0.3, 0.4) is 0 Å². The second-order valence-electron chi connectivity index (χ2n) is 4.38. The van der Waals surface area contributed by atoms with Crippen molar-refractivity contribution in [2.75, 3.05) is 34.2 Å². The van der Waals surface area contributed by atoms with Crippen molar-refractivity contribution < 1.29 is 4.79 Å². The molecule has 0 aliphatic carbocycles. The van der Waals surface area contributed by atoms with Gasteiger partial charge in [-0.3, -0.25) is 10.2 Å². The Bertz CT molecular complexity index is 186. The van der Waals surface area contributed by atoms with Crippen molar-refractivity contribution in [3.8, 4) is 0 Å². The summed E-state index contributed by atoms with van der Waals surface area (Å²) >= 11 is 0. The van der Waals surface area contributed by atoms with E-state index >= 15 is 0 Å². The van der Waals surface area contributed by atoms with Gasteiger partial charge in [-0.25, -0.2) is 5.01 Å². The second kappa shape index (κ2) is 5.32. The largest absolute Gasteiger partial charge is 0.306 e. The predicted molar refractivity (Wildman–Crippen MR) is 56.7 cm³/mol. The summed E-state index contributed by atoms with van der Waals surface area (Å²) in [4.78, 5) is 13.8. The Hall–Kier alpha value is -0.610. The van der Waals surface area contributed by atoms with E-state index in [0.29, 0.717) is 12.3 Å². The van der Waals surface area contributed by atoms with Gasteiger partial charge < -0.3 is 4.90 Å². The molecule has 0 bridgehead atoms. The highest BCUT2D eigenvalue weighted by Gasteiger charge is 2.19. The van der Waals surface area contributed by atoms with Crippen LogP contribution >= 0.6 is 0 Å². The maximum absolute atomic E-state index is 11.4. The standard InChI is InChI=1S/C10H21N3O/c1-12(2)11-10(14)8-9-4-6-13(3)7-5-9/h9H,4-8H2,1-3H3,(H,11,14). The maximum Gasteiger partial charge on any atom is 0.234 e. The molecule has 0 radical (unpaired) electrons. The molecule has 1 rings (SSSR count). The molecule has 0 aromatic carbocycles. The monoisotopic (exact) mass is 199 g/mol. The van der Waals surface area contributed by atoms with Gasteiger partial charge in [0, 0.05) is 20.5 Å². The van der Waals surface area contributed by atoms with Crippen molar-refractivity contribution in [1.82, 2.24) is 15.3 Å². The quantitative estimate of drug-likeness (QED) is 0.665. The number of hydrazine groups is 1. The molecule has 1 fully saturated rings. The summed E-state index contributed by atoms with van der Waals surface area (Å²) in [5.74, 6) is 0.718. The zero-order valence-electron chi connectivity index (χ0n) is 9.42. The van der Waals surface area contributed by atoms with Crippen molar-refractivity contribution in [2.24, 2.45) is 5.92 Å². The van der Waals surface area contributed by atoms with Crippen LogP contribution in [-0.2, 0) is 4.79 Å². The first-order valence-electron chi connectivity index (χ1n) is 5.23. The fourth-order valence-electron chi connectivity index (χ4n) is 1.82. The van der Waals surface area contributed by atoms with E-state index in [-0.39, 0.29) is 5.91 Å². The third-order valence-electron chi connectivity index (χ3n) is 2.66. The van der Waals surface area contributed by atoms with E-state index in [1.54, 1.807) is 5.01 Å².